The summed E-state index contributed by atoms with van der Waals surface area (Å²) in [6, 6.07) is 14.0. The summed E-state index contributed by atoms with van der Waals surface area (Å²) in [6.45, 7) is 9.54. The molecule has 1 aliphatic rings. The fourth-order valence-corrected chi connectivity index (χ4v) is 6.01. The molecule has 0 radical (unpaired) electrons. The maximum absolute atomic E-state index is 14.0. The third kappa shape index (κ3) is 6.67. The molecule has 40 heavy (non-hydrogen) atoms. The van der Waals surface area contributed by atoms with Crippen LogP contribution in [0.5, 0.6) is 5.88 Å². The van der Waals surface area contributed by atoms with Crippen LogP contribution in [-0.4, -0.2) is 47.9 Å². The van der Waals surface area contributed by atoms with Crippen LogP contribution in [-0.2, 0) is 4.43 Å². The van der Waals surface area contributed by atoms with E-state index in [0.29, 0.717) is 5.82 Å². The van der Waals surface area contributed by atoms with Crippen LogP contribution in [0.25, 0.3) is 5.82 Å². The molecule has 1 aliphatic carbocycles. The molecule has 13 heteroatoms. The molecule has 1 amide bonds. The lowest BCUT2D eigenvalue weighted by Crippen LogP contribution is -2.51. The number of rotatable bonds is 10. The molecule has 1 N–H and O–H groups in total. The third-order valence-corrected chi connectivity index (χ3v) is 13.0. The minimum atomic E-state index is -4.39. The van der Waals surface area contributed by atoms with Crippen molar-refractivity contribution in [2.45, 2.75) is 68.9 Å². The summed E-state index contributed by atoms with van der Waals surface area (Å²) in [5.74, 6) is 0.0322. The number of carbonyl (C=O) groups excluding carboxylic acids is 1. The van der Waals surface area contributed by atoms with Gasteiger partial charge in [-0.25, -0.2) is 9.67 Å². The van der Waals surface area contributed by atoms with Gasteiger partial charge in [0.25, 0.3) is 5.91 Å². The average molecular weight is 613 g/mol. The summed E-state index contributed by atoms with van der Waals surface area (Å²) in [5, 5.41) is 4.01. The lowest BCUT2D eigenvalue weighted by Gasteiger charge is -2.41. The zero-order chi connectivity index (χ0) is 29.3. The molecule has 4 rings (SSSR count). The summed E-state index contributed by atoms with van der Waals surface area (Å²) in [5.41, 5.74) is -1.72. The van der Waals surface area contributed by atoms with Crippen molar-refractivity contribution in [1.82, 2.24) is 19.5 Å². The van der Waals surface area contributed by atoms with E-state index >= 15 is 0 Å². The Morgan fingerprint density at radius 3 is 2.40 bits per heavy atom. The van der Waals surface area contributed by atoms with E-state index in [4.69, 9.17) is 20.8 Å². The zero-order valence-corrected chi connectivity index (χ0v) is 25.5. The number of nitrogens with zero attached hydrogens (tertiary/aromatic N) is 3. The molecule has 1 atom stereocenters. The Morgan fingerprint density at radius 2 is 1.82 bits per heavy atom. The first kappa shape index (κ1) is 30.4. The van der Waals surface area contributed by atoms with E-state index in [2.05, 4.69) is 14.8 Å². The first-order valence-corrected chi connectivity index (χ1v) is 16.9. The maximum atomic E-state index is 14.0. The maximum Gasteiger partial charge on any atom is 0.397 e. The Hall–Kier alpha value is -2.54. The van der Waals surface area contributed by atoms with Gasteiger partial charge in [0.05, 0.1) is 17.1 Å². The second kappa shape index (κ2) is 11.4. The highest BCUT2D eigenvalue weighted by Gasteiger charge is 2.68. The number of nitrogens with one attached hydrogen (secondary N) is 1. The van der Waals surface area contributed by atoms with Gasteiger partial charge in [0.1, 0.15) is 11.8 Å². The topological polar surface area (TPSA) is 78.3 Å². The number of amides is 1. The highest BCUT2D eigenvalue weighted by molar-refractivity contribution is 7.98. The van der Waals surface area contributed by atoms with E-state index in [1.165, 1.54) is 16.8 Å². The standard InChI is InChI=1S/C27H32ClF3N4O3SSi/c1-25(2,3)40(4,5)38-20(26(14-15-26)27(29,30)31)17-37-22-13-16-35(33-22)21-12-11-19(23(28)32-21)24(36)34-39-18-9-7-6-8-10-18/h6-13,16,20H,14-15,17H2,1-5H3,(H,34,36). The normalized spacial score (nSPS) is 15.9. The molecule has 0 spiro atoms. The fourth-order valence-electron chi connectivity index (χ4n) is 3.80. The third-order valence-electron chi connectivity index (χ3n) is 7.48. The van der Waals surface area contributed by atoms with E-state index in [0.717, 1.165) is 16.8 Å². The summed E-state index contributed by atoms with van der Waals surface area (Å²) in [7, 11) is -2.51. The van der Waals surface area contributed by atoms with Crippen molar-refractivity contribution in [2.24, 2.45) is 5.41 Å². The fraction of sp³-hybridized carbons (Fsp3) is 0.444. The molecule has 2 heterocycles. The Balaban J connectivity index is 1.44. The van der Waals surface area contributed by atoms with Crippen molar-refractivity contribution < 1.29 is 27.1 Å². The number of alkyl halides is 3. The smallest absolute Gasteiger partial charge is 0.397 e. The lowest BCUT2D eigenvalue weighted by atomic mass is 9.99. The van der Waals surface area contributed by atoms with Gasteiger partial charge < -0.3 is 9.16 Å². The predicted octanol–water partition coefficient (Wildman–Crippen LogP) is 7.47. The van der Waals surface area contributed by atoms with Crippen molar-refractivity contribution in [3.05, 3.63) is 65.4 Å². The molecule has 216 valence electrons. The van der Waals surface area contributed by atoms with E-state index < -0.39 is 31.9 Å². The SMILES string of the molecule is CC(C)(C)[Si](C)(C)OC(COc1ccn(-c2ccc(C(=O)NSc3ccccc3)c(Cl)n2)n1)C1(C(F)(F)F)CC1. The van der Waals surface area contributed by atoms with Crippen LogP contribution in [0, 0.1) is 5.41 Å². The summed E-state index contributed by atoms with van der Waals surface area (Å²) >= 11 is 7.45. The largest absolute Gasteiger partial charge is 0.474 e. The average Bonchev–Trinajstić information content (AvgIpc) is 3.57. The molecule has 3 aromatic rings. The number of hydrogen-bond donors (Lipinski definition) is 1. The van der Waals surface area contributed by atoms with Crippen LogP contribution in [0.15, 0.2) is 59.6 Å². The molecule has 0 bridgehead atoms. The van der Waals surface area contributed by atoms with Gasteiger partial charge in [0, 0.05) is 17.2 Å². The van der Waals surface area contributed by atoms with E-state index in [9.17, 15) is 18.0 Å². The van der Waals surface area contributed by atoms with Crippen molar-refractivity contribution in [3.8, 4) is 11.7 Å². The molecule has 1 unspecified atom stereocenters. The van der Waals surface area contributed by atoms with Gasteiger partial charge >= 0.3 is 6.18 Å². The van der Waals surface area contributed by atoms with E-state index in [-0.39, 0.29) is 41.1 Å². The molecular formula is C27H32ClF3N4O3SSi. The molecule has 1 aromatic carbocycles. The Kier molecular flexibility index (Phi) is 8.66. The number of benzene rings is 1. The molecular weight excluding hydrogens is 581 g/mol. The number of hydrogen-bond acceptors (Lipinski definition) is 6. The first-order valence-electron chi connectivity index (χ1n) is 12.8. The Bertz CT molecular complexity index is 1340. The molecule has 2 aromatic heterocycles. The molecule has 0 saturated heterocycles. The molecule has 0 aliphatic heterocycles. The second-order valence-electron chi connectivity index (χ2n) is 11.3. The monoisotopic (exact) mass is 612 g/mol. The van der Waals surface area contributed by atoms with Gasteiger partial charge in [-0.2, -0.15) is 13.2 Å². The van der Waals surface area contributed by atoms with Crippen LogP contribution in [0.3, 0.4) is 0 Å². The van der Waals surface area contributed by atoms with Crippen molar-refractivity contribution in [2.75, 3.05) is 6.61 Å². The number of halogens is 4. The van der Waals surface area contributed by atoms with Crippen molar-refractivity contribution in [1.29, 1.82) is 0 Å². The number of aromatic nitrogens is 3. The zero-order valence-electron chi connectivity index (χ0n) is 22.9. The van der Waals surface area contributed by atoms with Crippen LogP contribution in [0.1, 0.15) is 44.0 Å². The number of ether oxygens (including phenoxy) is 1. The summed E-state index contributed by atoms with van der Waals surface area (Å²) in [4.78, 5) is 17.7. The van der Waals surface area contributed by atoms with Crippen LogP contribution in [0.4, 0.5) is 13.2 Å². The minimum absolute atomic E-state index is 0.0137. The van der Waals surface area contributed by atoms with Crippen LogP contribution in [0.2, 0.25) is 23.3 Å². The molecule has 1 saturated carbocycles. The van der Waals surface area contributed by atoms with Gasteiger partial charge in [-0.15, -0.1) is 5.10 Å². The Labute approximate surface area is 242 Å². The second-order valence-corrected chi connectivity index (χ2v) is 17.3. The lowest BCUT2D eigenvalue weighted by molar-refractivity contribution is -0.215. The van der Waals surface area contributed by atoms with Gasteiger partial charge in [0.2, 0.25) is 5.88 Å². The van der Waals surface area contributed by atoms with Gasteiger partial charge in [-0.3, -0.25) is 9.52 Å². The number of pyridine rings is 1. The highest BCUT2D eigenvalue weighted by atomic mass is 35.5. The van der Waals surface area contributed by atoms with Gasteiger partial charge in [-0.05, 0) is 67.2 Å². The molecule has 1 fully saturated rings. The Morgan fingerprint density at radius 1 is 1.15 bits per heavy atom. The quantitative estimate of drug-likeness (QED) is 0.145. The predicted molar refractivity (Wildman–Crippen MR) is 151 cm³/mol. The minimum Gasteiger partial charge on any atom is -0.474 e. The van der Waals surface area contributed by atoms with Crippen molar-refractivity contribution in [3.63, 3.8) is 0 Å². The van der Waals surface area contributed by atoms with Crippen LogP contribution >= 0.6 is 23.5 Å². The van der Waals surface area contributed by atoms with E-state index in [1.54, 1.807) is 12.3 Å². The van der Waals surface area contributed by atoms with Gasteiger partial charge in [-0.1, -0.05) is 50.6 Å². The summed E-state index contributed by atoms with van der Waals surface area (Å²) in [6.07, 6.45) is -3.95. The highest BCUT2D eigenvalue weighted by Crippen LogP contribution is 2.61. The first-order chi connectivity index (χ1) is 18.6. The van der Waals surface area contributed by atoms with Crippen molar-refractivity contribution >= 4 is 37.8 Å². The van der Waals surface area contributed by atoms with E-state index in [1.807, 2.05) is 64.2 Å². The number of carbonyl (C=O) groups is 1. The molecule has 7 nitrogen and oxygen atoms in total. The van der Waals surface area contributed by atoms with Crippen LogP contribution < -0.4 is 9.46 Å². The summed E-state index contributed by atoms with van der Waals surface area (Å²) < 4.78 is 58.2. The van der Waals surface area contributed by atoms with Gasteiger partial charge in [0.15, 0.2) is 14.1 Å².